The molecule has 0 saturated carbocycles. The first kappa shape index (κ1) is 13.5. The van der Waals surface area contributed by atoms with Crippen LogP contribution in [0.1, 0.15) is 22.5 Å². The summed E-state index contributed by atoms with van der Waals surface area (Å²) >= 11 is 1.34. The van der Waals surface area contributed by atoms with Crippen molar-refractivity contribution in [3.05, 3.63) is 22.4 Å². The van der Waals surface area contributed by atoms with Crippen molar-refractivity contribution in [1.82, 2.24) is 9.62 Å². The first-order valence-electron chi connectivity index (χ1n) is 5.89. The number of carbonyl (C=O) groups excluding carboxylic acids is 1. The van der Waals surface area contributed by atoms with Crippen LogP contribution < -0.4 is 5.32 Å². The molecular formula is C11H16N2O3S2. The second-order valence-corrected chi connectivity index (χ2v) is 7.19. The van der Waals surface area contributed by atoms with Crippen LogP contribution >= 0.6 is 11.3 Å². The van der Waals surface area contributed by atoms with Gasteiger partial charge in [-0.1, -0.05) is 6.07 Å². The summed E-state index contributed by atoms with van der Waals surface area (Å²) in [5.74, 6) is -0.231. The SMILES string of the molecule is O=C(NCCS(=O)(=O)N1CCCC1)c1cccs1. The van der Waals surface area contributed by atoms with Crippen molar-refractivity contribution in [1.29, 1.82) is 0 Å². The molecule has 1 fully saturated rings. The molecule has 0 aliphatic carbocycles. The molecule has 7 heteroatoms. The van der Waals surface area contributed by atoms with Crippen molar-refractivity contribution >= 4 is 27.3 Å². The highest BCUT2D eigenvalue weighted by Gasteiger charge is 2.24. The molecule has 1 saturated heterocycles. The minimum absolute atomic E-state index is 0.0237. The van der Waals surface area contributed by atoms with Crippen molar-refractivity contribution in [3.8, 4) is 0 Å². The minimum atomic E-state index is -3.20. The third-order valence-corrected chi connectivity index (χ3v) is 5.59. The van der Waals surface area contributed by atoms with Crippen LogP contribution in [0.2, 0.25) is 0 Å². The molecule has 0 radical (unpaired) electrons. The van der Waals surface area contributed by atoms with E-state index in [9.17, 15) is 13.2 Å². The molecule has 1 amide bonds. The molecule has 1 N–H and O–H groups in total. The van der Waals surface area contributed by atoms with Crippen LogP contribution in [0.4, 0.5) is 0 Å². The summed E-state index contributed by atoms with van der Waals surface area (Å²) in [6, 6.07) is 3.51. The zero-order valence-corrected chi connectivity index (χ0v) is 11.6. The van der Waals surface area contributed by atoms with Gasteiger partial charge in [0.15, 0.2) is 0 Å². The first-order chi connectivity index (χ1) is 8.59. The van der Waals surface area contributed by atoms with Crippen molar-refractivity contribution < 1.29 is 13.2 Å². The molecule has 1 aliphatic heterocycles. The van der Waals surface area contributed by atoms with Crippen LogP contribution in [0.25, 0.3) is 0 Å². The number of carbonyl (C=O) groups is 1. The van der Waals surface area contributed by atoms with E-state index in [0.29, 0.717) is 18.0 Å². The Labute approximate surface area is 111 Å². The van der Waals surface area contributed by atoms with Gasteiger partial charge in [0.1, 0.15) is 0 Å². The molecule has 0 atom stereocenters. The number of hydrogen-bond acceptors (Lipinski definition) is 4. The Morgan fingerprint density at radius 2 is 2.11 bits per heavy atom. The second kappa shape index (κ2) is 5.81. The van der Waals surface area contributed by atoms with E-state index in [0.717, 1.165) is 12.8 Å². The molecule has 1 aromatic heterocycles. The summed E-state index contributed by atoms with van der Waals surface area (Å²) in [7, 11) is -3.20. The van der Waals surface area contributed by atoms with E-state index in [1.54, 1.807) is 12.1 Å². The monoisotopic (exact) mass is 288 g/mol. The molecule has 100 valence electrons. The Hall–Kier alpha value is -0.920. The van der Waals surface area contributed by atoms with Gasteiger partial charge in [0, 0.05) is 19.6 Å². The minimum Gasteiger partial charge on any atom is -0.350 e. The molecule has 1 aliphatic rings. The third kappa shape index (κ3) is 3.30. The number of sulfonamides is 1. The van der Waals surface area contributed by atoms with Crippen LogP contribution in [-0.4, -0.2) is 44.0 Å². The van der Waals surface area contributed by atoms with Gasteiger partial charge >= 0.3 is 0 Å². The predicted octanol–water partition coefficient (Wildman–Crippen LogP) is 0.903. The van der Waals surface area contributed by atoms with Crippen LogP contribution in [0.15, 0.2) is 17.5 Å². The molecule has 5 nitrogen and oxygen atoms in total. The maximum atomic E-state index is 11.9. The van der Waals surface area contributed by atoms with Gasteiger partial charge in [-0.15, -0.1) is 11.3 Å². The Morgan fingerprint density at radius 1 is 1.39 bits per heavy atom. The maximum Gasteiger partial charge on any atom is 0.261 e. The van der Waals surface area contributed by atoms with Crippen LogP contribution in [0.5, 0.6) is 0 Å². The molecule has 1 aromatic rings. The van der Waals surface area contributed by atoms with E-state index in [1.165, 1.54) is 15.6 Å². The summed E-state index contributed by atoms with van der Waals surface area (Å²) in [5.41, 5.74) is 0. The van der Waals surface area contributed by atoms with Gasteiger partial charge in [-0.2, -0.15) is 0 Å². The number of nitrogens with zero attached hydrogens (tertiary/aromatic N) is 1. The van der Waals surface area contributed by atoms with E-state index in [2.05, 4.69) is 5.32 Å². The largest absolute Gasteiger partial charge is 0.350 e. The molecule has 0 spiro atoms. The summed E-state index contributed by atoms with van der Waals surface area (Å²) in [4.78, 5) is 12.2. The molecular weight excluding hydrogens is 272 g/mol. The average Bonchev–Trinajstić information content (AvgIpc) is 3.02. The first-order valence-corrected chi connectivity index (χ1v) is 8.38. The Morgan fingerprint density at radius 3 is 2.72 bits per heavy atom. The van der Waals surface area contributed by atoms with Crippen molar-refractivity contribution in [2.75, 3.05) is 25.4 Å². The average molecular weight is 288 g/mol. The van der Waals surface area contributed by atoms with Gasteiger partial charge < -0.3 is 5.32 Å². The van der Waals surface area contributed by atoms with E-state index in [4.69, 9.17) is 0 Å². The van der Waals surface area contributed by atoms with Crippen LogP contribution in [-0.2, 0) is 10.0 Å². The van der Waals surface area contributed by atoms with Gasteiger partial charge in [-0.3, -0.25) is 4.79 Å². The summed E-state index contributed by atoms with van der Waals surface area (Å²) in [6.45, 7) is 1.39. The zero-order chi connectivity index (χ0) is 13.0. The fraction of sp³-hybridized carbons (Fsp3) is 0.545. The number of rotatable bonds is 5. The van der Waals surface area contributed by atoms with Gasteiger partial charge in [0.25, 0.3) is 5.91 Å². The van der Waals surface area contributed by atoms with Crippen LogP contribution in [0, 0.1) is 0 Å². The van der Waals surface area contributed by atoms with Gasteiger partial charge in [0.2, 0.25) is 10.0 Å². The highest BCUT2D eigenvalue weighted by atomic mass is 32.2. The zero-order valence-electron chi connectivity index (χ0n) is 9.96. The maximum absolute atomic E-state index is 11.9. The Bertz CT molecular complexity index is 490. The highest BCUT2D eigenvalue weighted by Crippen LogP contribution is 2.12. The van der Waals surface area contributed by atoms with Crippen molar-refractivity contribution in [3.63, 3.8) is 0 Å². The second-order valence-electron chi connectivity index (χ2n) is 4.16. The molecule has 0 bridgehead atoms. The molecule has 18 heavy (non-hydrogen) atoms. The van der Waals surface area contributed by atoms with Gasteiger partial charge in [-0.25, -0.2) is 12.7 Å². The third-order valence-electron chi connectivity index (χ3n) is 2.85. The number of nitrogens with one attached hydrogen (secondary N) is 1. The molecule has 2 rings (SSSR count). The van der Waals surface area contributed by atoms with E-state index >= 15 is 0 Å². The molecule has 2 heterocycles. The number of amides is 1. The van der Waals surface area contributed by atoms with Crippen molar-refractivity contribution in [2.24, 2.45) is 0 Å². The number of thiophene rings is 1. The van der Waals surface area contributed by atoms with E-state index in [1.807, 2.05) is 5.38 Å². The fourth-order valence-corrected chi connectivity index (χ4v) is 3.96. The lowest BCUT2D eigenvalue weighted by Gasteiger charge is -2.15. The lowest BCUT2D eigenvalue weighted by molar-refractivity contribution is 0.0960. The summed E-state index contributed by atoms with van der Waals surface area (Å²) < 4.78 is 25.3. The lowest BCUT2D eigenvalue weighted by Crippen LogP contribution is -2.36. The standard InChI is InChI=1S/C11H16N2O3S2/c14-11(10-4-3-8-17-10)12-5-9-18(15,16)13-6-1-2-7-13/h3-4,8H,1-2,5-7,9H2,(H,12,14). The summed E-state index contributed by atoms with van der Waals surface area (Å²) in [5, 5.41) is 4.45. The lowest BCUT2D eigenvalue weighted by atomic mass is 10.4. The predicted molar refractivity (Wildman–Crippen MR) is 71.2 cm³/mol. The normalized spacial score (nSPS) is 16.9. The van der Waals surface area contributed by atoms with Crippen molar-refractivity contribution in [2.45, 2.75) is 12.8 Å². The fourth-order valence-electron chi connectivity index (χ4n) is 1.88. The molecule has 0 aromatic carbocycles. The molecule has 0 unspecified atom stereocenters. The summed E-state index contributed by atoms with van der Waals surface area (Å²) in [6.07, 6.45) is 1.86. The Kier molecular flexibility index (Phi) is 4.36. The number of hydrogen-bond donors (Lipinski definition) is 1. The Balaban J connectivity index is 1.80. The topological polar surface area (TPSA) is 66.5 Å². The van der Waals surface area contributed by atoms with Gasteiger partial charge in [0.05, 0.1) is 10.6 Å². The highest BCUT2D eigenvalue weighted by molar-refractivity contribution is 7.89. The van der Waals surface area contributed by atoms with E-state index < -0.39 is 10.0 Å². The smallest absolute Gasteiger partial charge is 0.261 e. The van der Waals surface area contributed by atoms with Crippen LogP contribution in [0.3, 0.4) is 0 Å². The van der Waals surface area contributed by atoms with Gasteiger partial charge in [-0.05, 0) is 24.3 Å². The quantitative estimate of drug-likeness (QED) is 0.875. The van der Waals surface area contributed by atoms with E-state index in [-0.39, 0.29) is 18.2 Å².